The summed E-state index contributed by atoms with van der Waals surface area (Å²) in [6.45, 7) is 3.34. The van der Waals surface area contributed by atoms with E-state index in [0.29, 0.717) is 5.13 Å². The fraction of sp³-hybridized carbons (Fsp3) is 0.222. The van der Waals surface area contributed by atoms with Gasteiger partial charge in [-0.25, -0.2) is 9.97 Å². The largest absolute Gasteiger partial charge is 0.469 e. The average Bonchev–Trinajstić information content (AvgIpc) is 3.20. The topological polar surface area (TPSA) is 93.2 Å². The number of aromatic nitrogens is 2. The molecule has 3 rings (SSSR count). The van der Waals surface area contributed by atoms with E-state index < -0.39 is 0 Å². The van der Waals surface area contributed by atoms with Crippen molar-refractivity contribution in [3.05, 3.63) is 40.9 Å². The summed E-state index contributed by atoms with van der Waals surface area (Å²) in [5.74, 6) is -0.429. The van der Waals surface area contributed by atoms with Crippen LogP contribution >= 0.6 is 22.7 Å². The van der Waals surface area contributed by atoms with E-state index in [1.165, 1.54) is 36.7 Å². The fourth-order valence-electron chi connectivity index (χ4n) is 2.39. The van der Waals surface area contributed by atoms with Gasteiger partial charge in [0.25, 0.3) is 0 Å². The van der Waals surface area contributed by atoms with E-state index in [1.54, 1.807) is 0 Å². The molecule has 0 atom stereocenters. The Morgan fingerprint density at radius 2 is 2.04 bits per heavy atom. The summed E-state index contributed by atoms with van der Waals surface area (Å²) < 4.78 is 4.70. The number of nitrogens with one attached hydrogen (secondary N) is 2. The molecule has 0 fully saturated rings. The number of methoxy groups -OCH3 is 1. The highest BCUT2D eigenvalue weighted by Crippen LogP contribution is 2.35. The zero-order chi connectivity index (χ0) is 19.4. The van der Waals surface area contributed by atoms with Crippen LogP contribution in [0.5, 0.6) is 0 Å². The van der Waals surface area contributed by atoms with Crippen molar-refractivity contribution in [2.75, 3.05) is 17.7 Å². The summed E-state index contributed by atoms with van der Waals surface area (Å²) in [4.78, 5) is 32.5. The molecule has 0 aliphatic rings. The Kier molecular flexibility index (Phi) is 5.82. The Hall–Kier alpha value is -2.78. The van der Waals surface area contributed by atoms with Crippen molar-refractivity contribution in [1.82, 2.24) is 9.97 Å². The van der Waals surface area contributed by atoms with E-state index in [2.05, 4.69) is 20.6 Å². The first-order chi connectivity index (χ1) is 12.9. The first-order valence-corrected chi connectivity index (χ1v) is 9.78. The number of carbonyl (C=O) groups excluding carboxylic acids is 2. The molecule has 2 heterocycles. The van der Waals surface area contributed by atoms with Crippen molar-refractivity contribution >= 4 is 50.5 Å². The smallest absolute Gasteiger partial charge is 0.309 e. The van der Waals surface area contributed by atoms with E-state index in [-0.39, 0.29) is 18.3 Å². The second kappa shape index (κ2) is 8.28. The monoisotopic (exact) mass is 402 g/mol. The van der Waals surface area contributed by atoms with Crippen molar-refractivity contribution in [3.63, 3.8) is 0 Å². The van der Waals surface area contributed by atoms with Crippen LogP contribution in [0.4, 0.5) is 16.0 Å². The second-order valence-electron chi connectivity index (χ2n) is 5.73. The number of benzene rings is 1. The molecule has 7 nitrogen and oxygen atoms in total. The number of anilines is 3. The van der Waals surface area contributed by atoms with Gasteiger partial charge in [0, 0.05) is 18.0 Å². The van der Waals surface area contributed by atoms with Gasteiger partial charge in [-0.1, -0.05) is 23.5 Å². The van der Waals surface area contributed by atoms with Crippen LogP contribution < -0.4 is 10.6 Å². The molecule has 0 aliphatic carbocycles. The SMILES string of the molecule is COC(=O)Cc1cccc(Nc2nc(-c3sc(NC(C)=O)nc3C)cs2)c1. The summed E-state index contributed by atoms with van der Waals surface area (Å²) in [7, 11) is 1.38. The highest BCUT2D eigenvalue weighted by Gasteiger charge is 2.14. The minimum Gasteiger partial charge on any atom is -0.469 e. The van der Waals surface area contributed by atoms with Gasteiger partial charge < -0.3 is 15.4 Å². The number of hydrogen-bond acceptors (Lipinski definition) is 8. The first kappa shape index (κ1) is 19.0. The van der Waals surface area contributed by atoms with Crippen LogP contribution in [0.1, 0.15) is 18.2 Å². The van der Waals surface area contributed by atoms with Crippen molar-refractivity contribution in [2.24, 2.45) is 0 Å². The molecular weight excluding hydrogens is 384 g/mol. The molecule has 9 heteroatoms. The lowest BCUT2D eigenvalue weighted by Gasteiger charge is -2.05. The molecule has 3 aromatic rings. The third kappa shape index (κ3) is 4.89. The standard InChI is InChI=1S/C18H18N4O3S2/c1-10-16(27-18(19-10)20-11(2)23)14-9-26-17(22-14)21-13-6-4-5-12(7-13)8-15(24)25-3/h4-7,9H,8H2,1-3H3,(H,21,22)(H,19,20,23). The number of nitrogens with zero attached hydrogens (tertiary/aromatic N) is 2. The summed E-state index contributed by atoms with van der Waals surface area (Å²) in [5.41, 5.74) is 3.33. The molecule has 1 aromatic carbocycles. The first-order valence-electron chi connectivity index (χ1n) is 8.08. The fourth-order valence-corrected chi connectivity index (χ4v) is 4.16. The Morgan fingerprint density at radius 1 is 1.22 bits per heavy atom. The van der Waals surface area contributed by atoms with Gasteiger partial charge in [-0.05, 0) is 24.6 Å². The molecular formula is C18H18N4O3S2. The molecule has 27 heavy (non-hydrogen) atoms. The zero-order valence-electron chi connectivity index (χ0n) is 15.0. The summed E-state index contributed by atoms with van der Waals surface area (Å²) in [5, 5.41) is 9.19. The van der Waals surface area contributed by atoms with Gasteiger partial charge in [0.15, 0.2) is 10.3 Å². The third-order valence-electron chi connectivity index (χ3n) is 3.57. The molecule has 0 radical (unpaired) electrons. The maximum Gasteiger partial charge on any atom is 0.309 e. The maximum atomic E-state index is 11.4. The molecule has 0 saturated heterocycles. The number of rotatable bonds is 6. The highest BCUT2D eigenvalue weighted by atomic mass is 32.1. The van der Waals surface area contributed by atoms with Crippen LogP contribution in [0, 0.1) is 6.92 Å². The van der Waals surface area contributed by atoms with Gasteiger partial charge in [0.05, 0.1) is 29.8 Å². The van der Waals surface area contributed by atoms with Crippen molar-refractivity contribution in [2.45, 2.75) is 20.3 Å². The Labute approximate surface area is 164 Å². The number of ether oxygens (including phenoxy) is 1. The van der Waals surface area contributed by atoms with Crippen LogP contribution in [0.25, 0.3) is 10.6 Å². The van der Waals surface area contributed by atoms with Crippen molar-refractivity contribution in [1.29, 1.82) is 0 Å². The van der Waals surface area contributed by atoms with Gasteiger partial charge in [0.1, 0.15) is 0 Å². The molecule has 2 aromatic heterocycles. The lowest BCUT2D eigenvalue weighted by Crippen LogP contribution is -2.04. The van der Waals surface area contributed by atoms with Crippen molar-refractivity contribution in [3.8, 4) is 10.6 Å². The quantitative estimate of drug-likeness (QED) is 0.606. The van der Waals surface area contributed by atoms with Gasteiger partial charge in [0.2, 0.25) is 5.91 Å². The lowest BCUT2D eigenvalue weighted by atomic mass is 10.1. The minimum atomic E-state index is -0.278. The van der Waals surface area contributed by atoms with Crippen LogP contribution in [0.2, 0.25) is 0 Å². The minimum absolute atomic E-state index is 0.150. The summed E-state index contributed by atoms with van der Waals surface area (Å²) in [6, 6.07) is 7.56. The van der Waals surface area contributed by atoms with Gasteiger partial charge >= 0.3 is 5.97 Å². The summed E-state index contributed by atoms with van der Waals surface area (Å²) in [6.07, 6.45) is 0.223. The van der Waals surface area contributed by atoms with Crippen molar-refractivity contribution < 1.29 is 14.3 Å². The summed E-state index contributed by atoms with van der Waals surface area (Å²) >= 11 is 2.87. The Bertz CT molecular complexity index is 981. The number of amides is 1. The number of hydrogen-bond donors (Lipinski definition) is 2. The number of thiazole rings is 2. The van der Waals surface area contributed by atoms with E-state index in [9.17, 15) is 9.59 Å². The van der Waals surface area contributed by atoms with Crippen LogP contribution in [0.15, 0.2) is 29.6 Å². The van der Waals surface area contributed by atoms with Crippen LogP contribution in [0.3, 0.4) is 0 Å². The Morgan fingerprint density at radius 3 is 2.78 bits per heavy atom. The van der Waals surface area contributed by atoms with E-state index in [0.717, 1.165) is 32.6 Å². The molecule has 0 aliphatic heterocycles. The van der Waals surface area contributed by atoms with Crippen LogP contribution in [-0.4, -0.2) is 29.0 Å². The molecule has 1 amide bonds. The van der Waals surface area contributed by atoms with E-state index >= 15 is 0 Å². The number of esters is 1. The third-order valence-corrected chi connectivity index (χ3v) is 5.42. The predicted molar refractivity (Wildman–Crippen MR) is 108 cm³/mol. The second-order valence-corrected chi connectivity index (χ2v) is 7.59. The van der Waals surface area contributed by atoms with Crippen LogP contribution in [-0.2, 0) is 20.7 Å². The van der Waals surface area contributed by atoms with Gasteiger partial charge in [-0.3, -0.25) is 9.59 Å². The maximum absolute atomic E-state index is 11.4. The zero-order valence-corrected chi connectivity index (χ0v) is 16.7. The molecule has 0 unspecified atom stereocenters. The average molecular weight is 403 g/mol. The van der Waals surface area contributed by atoms with E-state index in [1.807, 2.05) is 36.6 Å². The molecule has 2 N–H and O–H groups in total. The molecule has 0 saturated carbocycles. The van der Waals surface area contributed by atoms with E-state index in [4.69, 9.17) is 4.74 Å². The lowest BCUT2D eigenvalue weighted by molar-refractivity contribution is -0.139. The number of carbonyl (C=O) groups is 2. The molecule has 0 spiro atoms. The highest BCUT2D eigenvalue weighted by molar-refractivity contribution is 7.20. The normalized spacial score (nSPS) is 10.5. The predicted octanol–water partition coefficient (Wildman–Crippen LogP) is 3.99. The van der Waals surface area contributed by atoms with Gasteiger partial charge in [-0.15, -0.1) is 11.3 Å². The molecule has 0 bridgehead atoms. The Balaban J connectivity index is 1.75. The van der Waals surface area contributed by atoms with Gasteiger partial charge in [-0.2, -0.15) is 0 Å². The number of aryl methyl sites for hydroxylation is 1. The molecule has 140 valence electrons.